The molecule has 198 valence electrons. The monoisotopic (exact) mass is 513 g/mol. The maximum absolute atomic E-state index is 13.0. The van der Waals surface area contributed by atoms with E-state index in [1.54, 1.807) is 6.08 Å². The van der Waals surface area contributed by atoms with E-state index in [0.717, 1.165) is 25.1 Å². The Morgan fingerprint density at radius 2 is 1.88 bits per heavy atom. The number of nitrogens with one attached hydrogen (secondary N) is 1. The van der Waals surface area contributed by atoms with E-state index in [4.69, 9.17) is 18.5 Å². The van der Waals surface area contributed by atoms with Crippen LogP contribution in [0.2, 0.25) is 0 Å². The maximum atomic E-state index is 13.0. The summed E-state index contributed by atoms with van der Waals surface area (Å²) < 4.78 is 60.9. The van der Waals surface area contributed by atoms with Crippen molar-refractivity contribution in [2.24, 2.45) is 0 Å². The predicted octanol–water partition coefficient (Wildman–Crippen LogP) is 3.84. The summed E-state index contributed by atoms with van der Waals surface area (Å²) in [5, 5.41) is 4.06. The van der Waals surface area contributed by atoms with Crippen LogP contribution in [0.15, 0.2) is 12.3 Å². The Balaban J connectivity index is 1.69. The van der Waals surface area contributed by atoms with Gasteiger partial charge < -0.3 is 19.5 Å². The highest BCUT2D eigenvalue weighted by molar-refractivity contribution is 7.92. The van der Waals surface area contributed by atoms with E-state index in [2.05, 4.69) is 5.32 Å². The second-order valence-corrected chi connectivity index (χ2v) is 10.3. The summed E-state index contributed by atoms with van der Waals surface area (Å²) in [4.78, 5) is 13.0. The minimum atomic E-state index is -4.22. The first-order chi connectivity index (χ1) is 15.9. The Bertz CT molecular complexity index is 647. The Morgan fingerprint density at radius 3 is 2.47 bits per heavy atom. The molecule has 2 saturated heterocycles. The van der Waals surface area contributed by atoms with E-state index in [-0.39, 0.29) is 12.1 Å². The van der Waals surface area contributed by atoms with Crippen LogP contribution in [0, 0.1) is 0 Å². The number of carbonyl (C=O) groups excluding carboxylic acids is 1. The van der Waals surface area contributed by atoms with E-state index in [1.165, 1.54) is 6.20 Å². The Kier molecular flexibility index (Phi) is 11.4. The molecular weight excluding hydrogens is 475 g/mol. The molecule has 2 fully saturated rings. The van der Waals surface area contributed by atoms with Gasteiger partial charge in [-0.1, -0.05) is 6.08 Å². The fraction of sp³-hybridized carbons (Fsp3) is 0.864. The van der Waals surface area contributed by atoms with Gasteiger partial charge in [-0.05, 0) is 46.2 Å². The second kappa shape index (κ2) is 13.3. The number of nitrogens with zero attached hydrogens (tertiary/aromatic N) is 2. The van der Waals surface area contributed by atoms with Crippen molar-refractivity contribution in [1.29, 1.82) is 0 Å². The van der Waals surface area contributed by atoms with Gasteiger partial charge in [-0.15, -0.1) is 0 Å². The number of hydrogen-bond donors (Lipinski definition) is 1. The molecule has 2 heterocycles. The summed E-state index contributed by atoms with van der Waals surface area (Å²) in [6, 6.07) is 0. The summed E-state index contributed by atoms with van der Waals surface area (Å²) in [5.41, 5.74) is -1.38. The first-order valence-corrected chi connectivity index (χ1v) is 12.3. The molecule has 0 amide bonds. The number of hydroxylamine groups is 2. The molecule has 2 aliphatic rings. The standard InChI is InChI=1S/C22H38F3N3O5S/c1-20(2,3)32-19(29)21(9-15-30-16-10-21)27(4)34-33-28-12-7-18(8-13-28)31-14-6-5-11-26-17-22(23,24)25/h5,11,18,26H,6-10,12-17H2,1-4H3/b11-5+. The molecule has 0 saturated carbocycles. The summed E-state index contributed by atoms with van der Waals surface area (Å²) in [5.74, 6) is -0.267. The molecule has 8 nitrogen and oxygen atoms in total. The number of alkyl halides is 3. The fourth-order valence-electron chi connectivity index (χ4n) is 3.62. The van der Waals surface area contributed by atoms with Crippen molar-refractivity contribution in [2.45, 2.75) is 76.3 Å². The van der Waals surface area contributed by atoms with Gasteiger partial charge in [0.25, 0.3) is 0 Å². The van der Waals surface area contributed by atoms with E-state index >= 15 is 0 Å². The van der Waals surface area contributed by atoms with Gasteiger partial charge in [-0.2, -0.15) is 18.2 Å². The lowest BCUT2D eigenvalue weighted by Crippen LogP contribution is -2.56. The summed E-state index contributed by atoms with van der Waals surface area (Å²) in [6.45, 7) is 7.31. The molecule has 0 atom stereocenters. The summed E-state index contributed by atoms with van der Waals surface area (Å²) >= 11 is 1.14. The van der Waals surface area contributed by atoms with Crippen LogP contribution in [0.1, 0.15) is 52.9 Å². The van der Waals surface area contributed by atoms with Crippen molar-refractivity contribution in [1.82, 2.24) is 14.7 Å². The molecule has 2 aliphatic heterocycles. The summed E-state index contributed by atoms with van der Waals surface area (Å²) in [6.07, 6.45) is 1.98. The van der Waals surface area contributed by atoms with Gasteiger partial charge >= 0.3 is 12.1 Å². The van der Waals surface area contributed by atoms with Crippen molar-refractivity contribution in [3.8, 4) is 0 Å². The van der Waals surface area contributed by atoms with Crippen molar-refractivity contribution in [3.05, 3.63) is 12.3 Å². The van der Waals surface area contributed by atoms with Gasteiger partial charge in [0.15, 0.2) is 0 Å². The minimum absolute atomic E-state index is 0.0858. The van der Waals surface area contributed by atoms with Gasteiger partial charge in [-0.25, -0.2) is 13.4 Å². The molecule has 0 aromatic heterocycles. The SMILES string of the molecule is CN(SON1CCC(OCC/C=C/NCC(F)(F)F)CC1)C1(C(=O)OC(C)(C)C)CCOCC1. The Labute approximate surface area is 204 Å². The van der Waals surface area contributed by atoms with Gasteiger partial charge in [0.2, 0.25) is 0 Å². The normalized spacial score (nSPS) is 20.7. The highest BCUT2D eigenvalue weighted by Crippen LogP contribution is 2.35. The largest absolute Gasteiger partial charge is 0.459 e. The van der Waals surface area contributed by atoms with Crippen LogP contribution >= 0.6 is 12.2 Å². The van der Waals surface area contributed by atoms with Gasteiger partial charge in [0.05, 0.1) is 12.7 Å². The van der Waals surface area contributed by atoms with Crippen LogP contribution in [-0.2, 0) is 23.3 Å². The number of esters is 1. The molecule has 1 N–H and O–H groups in total. The van der Waals surface area contributed by atoms with E-state index in [0.29, 0.717) is 52.2 Å². The highest BCUT2D eigenvalue weighted by Gasteiger charge is 2.47. The predicted molar refractivity (Wildman–Crippen MR) is 123 cm³/mol. The molecule has 0 aliphatic carbocycles. The van der Waals surface area contributed by atoms with Crippen LogP contribution in [-0.4, -0.2) is 85.3 Å². The lowest BCUT2D eigenvalue weighted by Gasteiger charge is -2.42. The zero-order valence-corrected chi connectivity index (χ0v) is 21.3. The zero-order chi connectivity index (χ0) is 25.2. The lowest BCUT2D eigenvalue weighted by molar-refractivity contribution is -0.172. The highest BCUT2D eigenvalue weighted by atomic mass is 32.2. The van der Waals surface area contributed by atoms with Crippen LogP contribution in [0.4, 0.5) is 13.2 Å². The molecule has 0 radical (unpaired) electrons. The summed E-state index contributed by atoms with van der Waals surface area (Å²) in [7, 11) is 1.84. The van der Waals surface area contributed by atoms with Crippen molar-refractivity contribution in [3.63, 3.8) is 0 Å². The van der Waals surface area contributed by atoms with Crippen molar-refractivity contribution >= 4 is 18.2 Å². The Morgan fingerprint density at radius 1 is 1.24 bits per heavy atom. The number of hydrogen-bond acceptors (Lipinski definition) is 9. The molecule has 0 unspecified atom stereocenters. The average Bonchev–Trinajstić information content (AvgIpc) is 2.76. The number of ether oxygens (including phenoxy) is 3. The molecule has 0 spiro atoms. The van der Waals surface area contributed by atoms with E-state index in [1.807, 2.05) is 37.2 Å². The minimum Gasteiger partial charge on any atom is -0.459 e. The maximum Gasteiger partial charge on any atom is 0.405 e. The first kappa shape index (κ1) is 29.2. The molecule has 0 aromatic rings. The number of likely N-dealkylation sites (N-methyl/N-ethyl adjacent to an activating group) is 1. The van der Waals surface area contributed by atoms with E-state index < -0.39 is 23.9 Å². The van der Waals surface area contributed by atoms with Crippen LogP contribution in [0.5, 0.6) is 0 Å². The molecule has 12 heteroatoms. The fourth-order valence-corrected chi connectivity index (χ4v) is 4.36. The van der Waals surface area contributed by atoms with Crippen molar-refractivity contribution in [2.75, 3.05) is 46.5 Å². The topological polar surface area (TPSA) is 72.5 Å². The lowest BCUT2D eigenvalue weighted by atomic mass is 9.90. The van der Waals surface area contributed by atoms with Crippen LogP contribution in [0.3, 0.4) is 0 Å². The van der Waals surface area contributed by atoms with Gasteiger partial charge in [0, 0.05) is 46.2 Å². The quantitative estimate of drug-likeness (QED) is 0.192. The first-order valence-electron chi connectivity index (χ1n) is 11.6. The molecule has 2 rings (SSSR count). The van der Waals surface area contributed by atoms with Crippen molar-refractivity contribution < 1.29 is 36.5 Å². The number of halogens is 3. The molecule has 0 aromatic carbocycles. The molecule has 0 bridgehead atoms. The van der Waals surface area contributed by atoms with Crippen LogP contribution < -0.4 is 5.32 Å². The number of rotatable bonds is 11. The smallest absolute Gasteiger partial charge is 0.405 e. The van der Waals surface area contributed by atoms with Gasteiger partial charge in [-0.3, -0.25) is 0 Å². The van der Waals surface area contributed by atoms with Gasteiger partial charge in [0.1, 0.15) is 29.9 Å². The van der Waals surface area contributed by atoms with E-state index in [9.17, 15) is 18.0 Å². The average molecular weight is 514 g/mol. The number of piperidine rings is 1. The molecule has 34 heavy (non-hydrogen) atoms. The third kappa shape index (κ3) is 10.3. The number of carbonyl (C=O) groups is 1. The third-order valence-corrected chi connectivity index (χ3v) is 6.38. The zero-order valence-electron chi connectivity index (χ0n) is 20.5. The second-order valence-electron chi connectivity index (χ2n) is 9.48. The third-order valence-electron chi connectivity index (χ3n) is 5.53. The molecular formula is C22H38F3N3O5S. The Hall–Kier alpha value is -1.05. The van der Waals surface area contributed by atoms with Crippen LogP contribution in [0.25, 0.3) is 0 Å².